The number of benzene rings is 2. The second-order valence-electron chi connectivity index (χ2n) is 7.16. The van der Waals surface area contributed by atoms with E-state index < -0.39 is 17.5 Å². The molecule has 1 fully saturated rings. The Morgan fingerprint density at radius 3 is 2.90 bits per heavy atom. The first-order valence-electron chi connectivity index (χ1n) is 9.02. The van der Waals surface area contributed by atoms with E-state index in [9.17, 15) is 14.9 Å². The van der Waals surface area contributed by atoms with Crippen molar-refractivity contribution in [3.63, 3.8) is 0 Å². The average molecular weight is 456 g/mol. The molecule has 0 radical (unpaired) electrons. The second-order valence-corrected chi connectivity index (χ2v) is 8.07. The number of fused-ring (bicyclic) bond motifs is 2. The second kappa shape index (κ2) is 7.17. The van der Waals surface area contributed by atoms with E-state index in [2.05, 4.69) is 27.2 Å². The van der Waals surface area contributed by atoms with E-state index in [-0.39, 0.29) is 17.4 Å². The number of halogens is 1. The van der Waals surface area contributed by atoms with Crippen molar-refractivity contribution in [2.24, 2.45) is 0 Å². The zero-order valence-corrected chi connectivity index (χ0v) is 17.2. The molecule has 1 saturated heterocycles. The van der Waals surface area contributed by atoms with E-state index in [0.29, 0.717) is 29.1 Å². The number of likely N-dealkylation sites (tertiary alicyclic amines) is 1. The van der Waals surface area contributed by atoms with E-state index in [1.807, 2.05) is 0 Å². The fourth-order valence-electron chi connectivity index (χ4n) is 4.62. The number of hydrogen-bond acceptors (Lipinski definition) is 5. The first-order valence-corrected chi connectivity index (χ1v) is 9.82. The van der Waals surface area contributed by atoms with Crippen molar-refractivity contribution in [1.82, 2.24) is 4.90 Å². The molecule has 7 nitrogen and oxygen atoms in total. The fourth-order valence-corrected chi connectivity index (χ4v) is 5.00. The quantitative estimate of drug-likeness (QED) is 0.435. The number of para-hydroxylation sites is 1. The highest BCUT2D eigenvalue weighted by atomic mass is 79.9. The lowest BCUT2D eigenvalue weighted by atomic mass is 9.79. The van der Waals surface area contributed by atoms with Gasteiger partial charge in [-0.2, -0.15) is 0 Å². The van der Waals surface area contributed by atoms with Gasteiger partial charge in [0.05, 0.1) is 5.92 Å². The number of nitro groups is 1. The molecule has 3 atom stereocenters. The molecule has 2 aromatic carbocycles. The number of anilines is 1. The largest absolute Gasteiger partial charge is 0.481 e. The number of ether oxygens (including phenoxy) is 1. The van der Waals surface area contributed by atoms with Gasteiger partial charge >= 0.3 is 0 Å². The SMILES string of the molecule is C#CCOc1ccc(Br)cc1[C@@H]1CN(C)[C@]2(C(=O)Nc3ccccc32)[C@@H]1[N+](=O)[O-]. The van der Waals surface area contributed by atoms with Crippen molar-refractivity contribution in [1.29, 1.82) is 0 Å². The molecule has 0 aliphatic carbocycles. The zero-order chi connectivity index (χ0) is 20.8. The van der Waals surface area contributed by atoms with Crippen LogP contribution in [0.1, 0.15) is 17.0 Å². The van der Waals surface area contributed by atoms with E-state index in [0.717, 1.165) is 4.47 Å². The Labute approximate surface area is 176 Å². The molecular formula is C21H18BrN3O4. The van der Waals surface area contributed by atoms with Crippen LogP contribution in [0.3, 0.4) is 0 Å². The number of terminal acetylenes is 1. The number of nitrogens with zero attached hydrogens (tertiary/aromatic N) is 2. The molecule has 148 valence electrons. The van der Waals surface area contributed by atoms with Crippen molar-refractivity contribution in [3.8, 4) is 18.1 Å². The lowest BCUT2D eigenvalue weighted by Gasteiger charge is -2.30. The monoisotopic (exact) mass is 455 g/mol. The van der Waals surface area contributed by atoms with Crippen molar-refractivity contribution in [3.05, 3.63) is 68.2 Å². The number of rotatable bonds is 4. The smallest absolute Gasteiger partial charge is 0.256 e. The van der Waals surface area contributed by atoms with Gasteiger partial charge in [0.25, 0.3) is 11.9 Å². The lowest BCUT2D eigenvalue weighted by Crippen LogP contribution is -2.54. The van der Waals surface area contributed by atoms with Crippen LogP contribution in [-0.4, -0.2) is 42.0 Å². The Morgan fingerprint density at radius 1 is 1.41 bits per heavy atom. The summed E-state index contributed by atoms with van der Waals surface area (Å²) in [5, 5.41) is 15.2. The minimum atomic E-state index is -1.39. The van der Waals surface area contributed by atoms with Gasteiger partial charge in [-0.3, -0.25) is 19.8 Å². The van der Waals surface area contributed by atoms with Gasteiger partial charge in [-0.15, -0.1) is 6.42 Å². The Morgan fingerprint density at radius 2 is 2.17 bits per heavy atom. The molecule has 29 heavy (non-hydrogen) atoms. The van der Waals surface area contributed by atoms with Crippen LogP contribution in [0, 0.1) is 22.5 Å². The predicted octanol–water partition coefficient (Wildman–Crippen LogP) is 2.98. The van der Waals surface area contributed by atoms with Crippen molar-refractivity contribution >= 4 is 27.5 Å². The summed E-state index contributed by atoms with van der Waals surface area (Å²) in [5.41, 5.74) is 0.487. The molecule has 2 aliphatic rings. The highest BCUT2D eigenvalue weighted by Crippen LogP contribution is 2.53. The van der Waals surface area contributed by atoms with Crippen LogP contribution in [0.4, 0.5) is 5.69 Å². The van der Waals surface area contributed by atoms with Gasteiger partial charge < -0.3 is 10.1 Å². The van der Waals surface area contributed by atoms with Crippen LogP contribution in [0.2, 0.25) is 0 Å². The van der Waals surface area contributed by atoms with E-state index in [4.69, 9.17) is 11.2 Å². The minimum Gasteiger partial charge on any atom is -0.481 e. The lowest BCUT2D eigenvalue weighted by molar-refractivity contribution is -0.534. The first-order chi connectivity index (χ1) is 13.9. The molecule has 4 rings (SSSR count). The van der Waals surface area contributed by atoms with Crippen LogP contribution in [0.25, 0.3) is 0 Å². The molecule has 0 unspecified atom stereocenters. The van der Waals surface area contributed by atoms with Gasteiger partial charge in [0.15, 0.2) is 5.54 Å². The third-order valence-electron chi connectivity index (χ3n) is 5.72. The molecule has 0 bridgehead atoms. The molecule has 1 spiro atoms. The standard InChI is InChI=1S/C21H18BrN3O4/c1-3-10-29-18-9-8-13(22)11-14(18)15-12-24(2)21(19(15)25(27)28)16-6-4-5-7-17(16)23-20(21)26/h1,4-9,11,15,19H,10,12H2,2H3,(H,23,26)/t15-,19+,21-/m0/s1. The number of carbonyl (C=O) groups is 1. The van der Waals surface area contributed by atoms with Gasteiger partial charge in [-0.25, -0.2) is 0 Å². The van der Waals surface area contributed by atoms with Crippen molar-refractivity contribution < 1.29 is 14.5 Å². The van der Waals surface area contributed by atoms with Gasteiger partial charge in [0, 0.05) is 32.8 Å². The average Bonchev–Trinajstić information content (AvgIpc) is 3.16. The topological polar surface area (TPSA) is 84.7 Å². The van der Waals surface area contributed by atoms with Gasteiger partial charge in [0.2, 0.25) is 0 Å². The summed E-state index contributed by atoms with van der Waals surface area (Å²) in [6.45, 7) is 0.366. The maximum atomic E-state index is 13.2. The van der Waals surface area contributed by atoms with Crippen molar-refractivity contribution in [2.75, 3.05) is 25.5 Å². The van der Waals surface area contributed by atoms with Crippen molar-refractivity contribution in [2.45, 2.75) is 17.5 Å². The van der Waals surface area contributed by atoms with Crippen LogP contribution in [0.15, 0.2) is 46.9 Å². The summed E-state index contributed by atoms with van der Waals surface area (Å²) in [7, 11) is 1.75. The summed E-state index contributed by atoms with van der Waals surface area (Å²) in [5.74, 6) is 1.95. The maximum Gasteiger partial charge on any atom is 0.256 e. The highest BCUT2D eigenvalue weighted by molar-refractivity contribution is 9.10. The van der Waals surface area contributed by atoms with Crippen LogP contribution < -0.4 is 10.1 Å². The molecule has 2 aliphatic heterocycles. The number of hydrogen-bond donors (Lipinski definition) is 1. The molecule has 8 heteroatoms. The number of carbonyl (C=O) groups excluding carboxylic acids is 1. The van der Waals surface area contributed by atoms with E-state index in [1.165, 1.54) is 0 Å². The normalized spacial score (nSPS) is 25.5. The molecule has 1 amide bonds. The highest BCUT2D eigenvalue weighted by Gasteiger charge is 2.68. The molecule has 2 heterocycles. The molecule has 1 N–H and O–H groups in total. The Hall–Kier alpha value is -2.89. The molecule has 0 aromatic heterocycles. The molecule has 2 aromatic rings. The summed E-state index contributed by atoms with van der Waals surface area (Å²) < 4.78 is 6.43. The maximum absolute atomic E-state index is 13.2. The Bertz CT molecular complexity index is 1050. The van der Waals surface area contributed by atoms with E-state index >= 15 is 0 Å². The summed E-state index contributed by atoms with van der Waals surface area (Å²) in [6.07, 6.45) is 5.32. The van der Waals surface area contributed by atoms with Gasteiger partial charge in [-0.05, 0) is 31.3 Å². The van der Waals surface area contributed by atoms with Crippen LogP contribution in [0.5, 0.6) is 5.75 Å². The number of nitrogens with one attached hydrogen (secondary N) is 1. The Balaban J connectivity index is 1.89. The summed E-state index contributed by atoms with van der Waals surface area (Å²) >= 11 is 3.44. The van der Waals surface area contributed by atoms with Crippen LogP contribution in [-0.2, 0) is 10.3 Å². The zero-order valence-electron chi connectivity index (χ0n) is 15.6. The first kappa shape index (κ1) is 19.4. The molecule has 0 saturated carbocycles. The third-order valence-corrected chi connectivity index (χ3v) is 6.22. The van der Waals surface area contributed by atoms with Gasteiger partial charge in [0.1, 0.15) is 12.4 Å². The predicted molar refractivity (Wildman–Crippen MR) is 111 cm³/mol. The molecular weight excluding hydrogens is 438 g/mol. The summed E-state index contributed by atoms with van der Waals surface area (Å²) in [6, 6.07) is 11.3. The third kappa shape index (κ3) is 2.81. The van der Waals surface area contributed by atoms with Gasteiger partial charge in [-0.1, -0.05) is 40.0 Å². The number of amides is 1. The Kier molecular flexibility index (Phi) is 4.81. The summed E-state index contributed by atoms with van der Waals surface area (Å²) in [4.78, 5) is 27.0. The number of likely N-dealkylation sites (N-methyl/N-ethyl adjacent to an activating group) is 1. The van der Waals surface area contributed by atoms with Crippen LogP contribution >= 0.6 is 15.9 Å². The van der Waals surface area contributed by atoms with E-state index in [1.54, 1.807) is 54.4 Å². The fraction of sp³-hybridized carbons (Fsp3) is 0.286. The minimum absolute atomic E-state index is 0.0504.